The van der Waals surface area contributed by atoms with Crippen LogP contribution in [0.2, 0.25) is 0 Å². The Bertz CT molecular complexity index is 726. The minimum absolute atomic E-state index is 0.281. The lowest BCUT2D eigenvalue weighted by Crippen LogP contribution is -2.25. The van der Waals surface area contributed by atoms with Crippen molar-refractivity contribution in [1.29, 1.82) is 0 Å². The third kappa shape index (κ3) is 2.02. The number of aromatic nitrogens is 2. The van der Waals surface area contributed by atoms with Gasteiger partial charge in [0.15, 0.2) is 0 Å². The number of rotatable bonds is 2. The Hall–Kier alpha value is -2.23. The van der Waals surface area contributed by atoms with Crippen molar-refractivity contribution in [2.24, 2.45) is 5.92 Å². The van der Waals surface area contributed by atoms with Crippen molar-refractivity contribution in [1.82, 2.24) is 9.97 Å². The molecule has 106 valence electrons. The molecule has 0 amide bonds. The summed E-state index contributed by atoms with van der Waals surface area (Å²) in [6.45, 7) is 0. The van der Waals surface area contributed by atoms with Gasteiger partial charge >= 0.3 is 5.97 Å². The quantitative estimate of drug-likeness (QED) is 0.917. The molecule has 21 heavy (non-hydrogen) atoms. The van der Waals surface area contributed by atoms with Gasteiger partial charge in [-0.3, -0.25) is 4.79 Å². The number of nitrogens with zero attached hydrogens (tertiary/aromatic N) is 2. The number of aliphatic carboxylic acids is 1. The summed E-state index contributed by atoms with van der Waals surface area (Å²) in [4.78, 5) is 20.3. The third-order valence-electron chi connectivity index (χ3n) is 4.68. The van der Waals surface area contributed by atoms with Crippen LogP contribution in [0.25, 0.3) is 0 Å². The number of hydrogen-bond donors (Lipinski definition) is 1. The van der Waals surface area contributed by atoms with Crippen LogP contribution >= 0.6 is 0 Å². The van der Waals surface area contributed by atoms with Gasteiger partial charge in [0.05, 0.1) is 5.92 Å². The third-order valence-corrected chi connectivity index (χ3v) is 4.68. The minimum atomic E-state index is -0.711. The van der Waals surface area contributed by atoms with E-state index < -0.39 is 5.97 Å². The number of carboxylic acid groups (broad SMARTS) is 1. The van der Waals surface area contributed by atoms with E-state index in [1.165, 1.54) is 11.1 Å². The van der Waals surface area contributed by atoms with Gasteiger partial charge in [0.1, 0.15) is 5.82 Å². The maximum atomic E-state index is 11.1. The highest BCUT2D eigenvalue weighted by Gasteiger charge is 2.31. The topological polar surface area (TPSA) is 63.1 Å². The number of carbonyl (C=O) groups is 1. The number of benzene rings is 1. The van der Waals surface area contributed by atoms with Gasteiger partial charge in [-0.1, -0.05) is 24.3 Å². The summed E-state index contributed by atoms with van der Waals surface area (Å²) in [5.74, 6) is 0.207. The average Bonchev–Trinajstić information content (AvgIpc) is 2.48. The summed E-state index contributed by atoms with van der Waals surface area (Å²) in [6, 6.07) is 8.42. The molecule has 2 aliphatic rings. The van der Waals surface area contributed by atoms with Crippen molar-refractivity contribution < 1.29 is 9.90 Å². The van der Waals surface area contributed by atoms with Crippen molar-refractivity contribution in [2.45, 2.75) is 31.6 Å². The predicted molar refractivity (Wildman–Crippen MR) is 77.2 cm³/mol. The lowest BCUT2D eigenvalue weighted by Gasteiger charge is -2.30. The van der Waals surface area contributed by atoms with Crippen LogP contribution in [-0.4, -0.2) is 21.0 Å². The predicted octanol–water partition coefficient (Wildman–Crippen LogP) is 2.35. The van der Waals surface area contributed by atoms with Crippen LogP contribution in [0.15, 0.2) is 30.5 Å². The lowest BCUT2D eigenvalue weighted by molar-refractivity contribution is -0.142. The van der Waals surface area contributed by atoms with Crippen molar-refractivity contribution >= 4 is 5.97 Å². The zero-order chi connectivity index (χ0) is 14.4. The second-order valence-electron chi connectivity index (χ2n) is 5.93. The van der Waals surface area contributed by atoms with Gasteiger partial charge in [0.2, 0.25) is 0 Å². The van der Waals surface area contributed by atoms with E-state index in [-0.39, 0.29) is 5.92 Å². The van der Waals surface area contributed by atoms with E-state index in [4.69, 9.17) is 10.1 Å². The molecule has 1 aromatic carbocycles. The molecule has 0 fully saturated rings. The molecule has 2 aliphatic carbocycles. The molecule has 4 heteroatoms. The fraction of sp³-hybridized carbons (Fsp3) is 0.353. The van der Waals surface area contributed by atoms with E-state index >= 15 is 0 Å². The van der Waals surface area contributed by atoms with Crippen LogP contribution in [0.3, 0.4) is 0 Å². The molecule has 0 saturated heterocycles. The molecule has 4 nitrogen and oxygen atoms in total. The summed E-state index contributed by atoms with van der Waals surface area (Å²) >= 11 is 0. The Kier molecular flexibility index (Phi) is 2.77. The van der Waals surface area contributed by atoms with Gasteiger partial charge in [-0.2, -0.15) is 0 Å². The van der Waals surface area contributed by atoms with Crippen LogP contribution in [0.4, 0.5) is 0 Å². The smallest absolute Gasteiger partial charge is 0.306 e. The number of carboxylic acids is 1. The molecule has 0 aliphatic heterocycles. The first-order valence-electron chi connectivity index (χ1n) is 7.37. The highest BCUT2D eigenvalue weighted by Crippen LogP contribution is 2.38. The maximum absolute atomic E-state index is 11.1. The summed E-state index contributed by atoms with van der Waals surface area (Å²) in [6.07, 6.45) is 4.84. The summed E-state index contributed by atoms with van der Waals surface area (Å²) < 4.78 is 0. The van der Waals surface area contributed by atoms with Crippen molar-refractivity contribution in [3.05, 3.63) is 58.7 Å². The van der Waals surface area contributed by atoms with Crippen molar-refractivity contribution in [3.8, 4) is 0 Å². The second-order valence-corrected chi connectivity index (χ2v) is 5.93. The Balaban J connectivity index is 1.62. The molecule has 2 atom stereocenters. The minimum Gasteiger partial charge on any atom is -0.481 e. The summed E-state index contributed by atoms with van der Waals surface area (Å²) in [7, 11) is 0. The van der Waals surface area contributed by atoms with Gasteiger partial charge in [-0.15, -0.1) is 0 Å². The van der Waals surface area contributed by atoms with E-state index in [1.807, 2.05) is 6.20 Å². The van der Waals surface area contributed by atoms with Gasteiger partial charge in [0, 0.05) is 17.8 Å². The van der Waals surface area contributed by atoms with Crippen LogP contribution in [0.5, 0.6) is 0 Å². The average molecular weight is 280 g/mol. The molecule has 0 saturated carbocycles. The van der Waals surface area contributed by atoms with Crippen LogP contribution in [-0.2, 0) is 24.1 Å². The molecule has 1 heterocycles. The summed E-state index contributed by atoms with van der Waals surface area (Å²) in [5, 5.41) is 9.12. The van der Waals surface area contributed by atoms with Gasteiger partial charge in [0.25, 0.3) is 0 Å². The fourth-order valence-corrected chi connectivity index (χ4v) is 3.39. The normalized spacial score (nSPS) is 22.9. The van der Waals surface area contributed by atoms with E-state index in [2.05, 4.69) is 29.2 Å². The second kappa shape index (κ2) is 4.65. The van der Waals surface area contributed by atoms with Crippen LogP contribution in [0, 0.1) is 5.92 Å². The lowest BCUT2D eigenvalue weighted by atomic mass is 9.77. The van der Waals surface area contributed by atoms with Crippen molar-refractivity contribution in [2.75, 3.05) is 0 Å². The van der Waals surface area contributed by atoms with E-state index in [1.54, 1.807) is 0 Å². The zero-order valence-corrected chi connectivity index (χ0v) is 11.6. The maximum Gasteiger partial charge on any atom is 0.306 e. The molecule has 2 unspecified atom stereocenters. The Labute approximate surface area is 122 Å². The van der Waals surface area contributed by atoms with E-state index in [0.717, 1.165) is 29.9 Å². The van der Waals surface area contributed by atoms with E-state index in [0.29, 0.717) is 18.8 Å². The SMILES string of the molecule is O=C(O)C1CCc2nc(C3Cc4ccccc43)ncc2C1. The first kappa shape index (κ1) is 12.5. The van der Waals surface area contributed by atoms with Crippen LogP contribution < -0.4 is 0 Å². The highest BCUT2D eigenvalue weighted by molar-refractivity contribution is 5.70. The molecular formula is C17H16N2O2. The molecule has 1 aromatic heterocycles. The Morgan fingerprint density at radius 1 is 1.19 bits per heavy atom. The Morgan fingerprint density at radius 3 is 2.86 bits per heavy atom. The standard InChI is InChI=1S/C17H16N2O2/c20-17(21)11-5-6-15-12(7-11)9-18-16(19-15)14-8-10-3-1-2-4-13(10)14/h1-4,9,11,14H,5-8H2,(H,20,21). The van der Waals surface area contributed by atoms with Crippen LogP contribution in [0.1, 0.15) is 40.5 Å². The van der Waals surface area contributed by atoms with E-state index in [9.17, 15) is 4.79 Å². The zero-order valence-electron chi connectivity index (χ0n) is 11.6. The molecule has 4 rings (SSSR count). The van der Waals surface area contributed by atoms with Crippen molar-refractivity contribution in [3.63, 3.8) is 0 Å². The summed E-state index contributed by atoms with van der Waals surface area (Å²) in [5.41, 5.74) is 4.76. The van der Waals surface area contributed by atoms with Gasteiger partial charge < -0.3 is 5.11 Å². The first-order valence-corrected chi connectivity index (χ1v) is 7.37. The molecule has 0 bridgehead atoms. The first-order chi connectivity index (χ1) is 10.2. The fourth-order valence-electron chi connectivity index (χ4n) is 3.39. The molecule has 1 N–H and O–H groups in total. The van der Waals surface area contributed by atoms with Gasteiger partial charge in [-0.05, 0) is 42.4 Å². The molecular weight excluding hydrogens is 264 g/mol. The molecule has 0 spiro atoms. The Morgan fingerprint density at radius 2 is 2.05 bits per heavy atom. The number of fused-ring (bicyclic) bond motifs is 2. The highest BCUT2D eigenvalue weighted by atomic mass is 16.4. The van der Waals surface area contributed by atoms with Gasteiger partial charge in [-0.25, -0.2) is 9.97 Å². The molecule has 0 radical (unpaired) electrons. The monoisotopic (exact) mass is 280 g/mol. The molecule has 2 aromatic rings. The largest absolute Gasteiger partial charge is 0.481 e. The number of hydrogen-bond acceptors (Lipinski definition) is 3. The number of aryl methyl sites for hydroxylation is 1.